The molecule has 4 rings (SSSR count). The number of aromatic nitrogens is 2. The van der Waals surface area contributed by atoms with Gasteiger partial charge in [0.25, 0.3) is 5.91 Å². The van der Waals surface area contributed by atoms with Crippen molar-refractivity contribution in [3.8, 4) is 11.4 Å². The molecule has 0 spiro atoms. The van der Waals surface area contributed by atoms with Gasteiger partial charge < -0.3 is 19.9 Å². The van der Waals surface area contributed by atoms with Gasteiger partial charge in [-0.2, -0.15) is 0 Å². The fourth-order valence-corrected chi connectivity index (χ4v) is 4.60. The summed E-state index contributed by atoms with van der Waals surface area (Å²) < 4.78 is 6.91. The van der Waals surface area contributed by atoms with Crippen LogP contribution in [0.2, 0.25) is 0 Å². The van der Waals surface area contributed by atoms with Crippen LogP contribution in [-0.4, -0.2) is 65.7 Å². The van der Waals surface area contributed by atoms with Crippen LogP contribution in [0.15, 0.2) is 42.5 Å². The minimum Gasteiger partial charge on any atom is -0.375 e. The highest BCUT2D eigenvalue weighted by Gasteiger charge is 2.24. The number of nitrogens with one attached hydrogen (secondary N) is 2. The number of rotatable bonds is 8. The molecule has 8 heteroatoms. The second-order valence-electron chi connectivity index (χ2n) is 8.37. The Morgan fingerprint density at radius 1 is 1.21 bits per heavy atom. The molecule has 0 bridgehead atoms. The smallest absolute Gasteiger partial charge is 0.251 e. The summed E-state index contributed by atoms with van der Waals surface area (Å²) in [6.45, 7) is 4.74. The second-order valence-corrected chi connectivity index (χ2v) is 8.37. The summed E-state index contributed by atoms with van der Waals surface area (Å²) in [5.74, 6) is 0.298. The lowest BCUT2D eigenvalue weighted by Gasteiger charge is -2.23. The third-order valence-corrected chi connectivity index (χ3v) is 6.22. The molecule has 1 saturated heterocycles. The number of carbonyl (C=O) groups is 2. The van der Waals surface area contributed by atoms with E-state index in [1.807, 2.05) is 41.9 Å². The number of likely N-dealkylation sites (tertiary alicyclic amines) is 1. The van der Waals surface area contributed by atoms with Crippen LogP contribution in [0.4, 0.5) is 5.69 Å². The van der Waals surface area contributed by atoms with Gasteiger partial charge in [0.1, 0.15) is 12.4 Å². The predicted molar refractivity (Wildman–Crippen MR) is 129 cm³/mol. The molecule has 0 radical (unpaired) electrons. The first-order valence-electron chi connectivity index (χ1n) is 11.4. The molecule has 1 fully saturated rings. The number of amides is 2. The van der Waals surface area contributed by atoms with Crippen LogP contribution in [0, 0.1) is 0 Å². The summed E-state index contributed by atoms with van der Waals surface area (Å²) in [7, 11) is 3.38. The van der Waals surface area contributed by atoms with Gasteiger partial charge in [0.15, 0.2) is 0 Å². The van der Waals surface area contributed by atoms with Gasteiger partial charge in [-0.15, -0.1) is 0 Å². The fourth-order valence-electron chi connectivity index (χ4n) is 4.60. The zero-order valence-electron chi connectivity index (χ0n) is 19.4. The molecule has 2 heterocycles. The average molecular weight is 450 g/mol. The van der Waals surface area contributed by atoms with Crippen molar-refractivity contribution in [1.82, 2.24) is 19.8 Å². The van der Waals surface area contributed by atoms with E-state index in [2.05, 4.69) is 22.5 Å². The lowest BCUT2D eigenvalue weighted by molar-refractivity contribution is -0.119. The Bertz CT molecular complexity index is 1140. The molecule has 0 saturated carbocycles. The molecule has 33 heavy (non-hydrogen) atoms. The Morgan fingerprint density at radius 3 is 2.73 bits per heavy atom. The summed E-state index contributed by atoms with van der Waals surface area (Å²) >= 11 is 0. The SMILES string of the molecule is CCN1CCC[C@@H]1CNC(=O)c1cc(NC(=O)COC)c2c(c1)nc(-c1ccccc1)n2C. The van der Waals surface area contributed by atoms with Gasteiger partial charge in [-0.25, -0.2) is 4.98 Å². The Kier molecular flexibility index (Phi) is 7.05. The van der Waals surface area contributed by atoms with Gasteiger partial charge in [0.05, 0.1) is 16.7 Å². The van der Waals surface area contributed by atoms with Crippen LogP contribution in [0.1, 0.15) is 30.1 Å². The Hall–Kier alpha value is -3.23. The number of hydrogen-bond donors (Lipinski definition) is 2. The molecule has 1 atom stereocenters. The number of carbonyl (C=O) groups excluding carboxylic acids is 2. The van der Waals surface area contributed by atoms with Crippen molar-refractivity contribution in [2.75, 3.05) is 38.7 Å². The highest BCUT2D eigenvalue weighted by atomic mass is 16.5. The van der Waals surface area contributed by atoms with E-state index in [-0.39, 0.29) is 18.4 Å². The number of ether oxygens (including phenoxy) is 1. The number of methoxy groups -OCH3 is 1. The van der Waals surface area contributed by atoms with Crippen molar-refractivity contribution in [2.45, 2.75) is 25.8 Å². The van der Waals surface area contributed by atoms with Gasteiger partial charge in [-0.1, -0.05) is 37.3 Å². The van der Waals surface area contributed by atoms with Crippen LogP contribution < -0.4 is 10.6 Å². The van der Waals surface area contributed by atoms with E-state index in [9.17, 15) is 9.59 Å². The molecular formula is C25H31N5O3. The number of benzene rings is 2. The maximum absolute atomic E-state index is 13.1. The molecule has 3 aromatic rings. The maximum atomic E-state index is 13.1. The summed E-state index contributed by atoms with van der Waals surface area (Å²) in [5.41, 5.74) is 3.36. The molecular weight excluding hydrogens is 418 g/mol. The largest absolute Gasteiger partial charge is 0.375 e. The number of likely N-dealkylation sites (N-methyl/N-ethyl adjacent to an activating group) is 1. The molecule has 1 aliphatic rings. The Labute approximate surface area is 193 Å². The lowest BCUT2D eigenvalue weighted by atomic mass is 10.1. The van der Waals surface area contributed by atoms with Crippen molar-refractivity contribution < 1.29 is 14.3 Å². The van der Waals surface area contributed by atoms with Crippen LogP contribution in [0.25, 0.3) is 22.4 Å². The number of imidazole rings is 1. The zero-order chi connectivity index (χ0) is 23.4. The van der Waals surface area contributed by atoms with E-state index >= 15 is 0 Å². The van der Waals surface area contributed by atoms with Gasteiger partial charge >= 0.3 is 0 Å². The highest BCUT2D eigenvalue weighted by molar-refractivity contribution is 6.06. The van der Waals surface area contributed by atoms with Crippen molar-refractivity contribution in [3.05, 3.63) is 48.0 Å². The van der Waals surface area contributed by atoms with Crippen LogP contribution in [-0.2, 0) is 16.6 Å². The van der Waals surface area contributed by atoms with Crippen molar-refractivity contribution in [3.63, 3.8) is 0 Å². The van der Waals surface area contributed by atoms with Crippen molar-refractivity contribution in [2.24, 2.45) is 7.05 Å². The second kappa shape index (κ2) is 10.1. The van der Waals surface area contributed by atoms with Crippen molar-refractivity contribution >= 4 is 28.5 Å². The molecule has 2 aromatic carbocycles. The van der Waals surface area contributed by atoms with Crippen molar-refractivity contribution in [1.29, 1.82) is 0 Å². The highest BCUT2D eigenvalue weighted by Crippen LogP contribution is 2.30. The van der Waals surface area contributed by atoms with E-state index in [0.29, 0.717) is 29.4 Å². The first kappa shape index (κ1) is 22.9. The molecule has 8 nitrogen and oxygen atoms in total. The quantitative estimate of drug-likeness (QED) is 0.552. The molecule has 2 N–H and O–H groups in total. The summed E-state index contributed by atoms with van der Waals surface area (Å²) in [5, 5.41) is 5.96. The first-order chi connectivity index (χ1) is 16.0. The third-order valence-electron chi connectivity index (χ3n) is 6.22. The number of fused-ring (bicyclic) bond motifs is 1. The minimum absolute atomic E-state index is 0.0736. The molecule has 1 aliphatic heterocycles. The number of anilines is 1. The monoisotopic (exact) mass is 449 g/mol. The predicted octanol–water partition coefficient (Wildman–Crippen LogP) is 3.04. The molecule has 174 valence electrons. The van der Waals surface area contributed by atoms with E-state index in [0.717, 1.165) is 42.8 Å². The Balaban J connectivity index is 1.68. The summed E-state index contributed by atoms with van der Waals surface area (Å²) in [6.07, 6.45) is 2.25. The number of nitrogens with zero attached hydrogens (tertiary/aromatic N) is 3. The first-order valence-corrected chi connectivity index (χ1v) is 11.4. The van der Waals surface area contributed by atoms with Crippen LogP contribution >= 0.6 is 0 Å². The Morgan fingerprint density at radius 2 is 2.00 bits per heavy atom. The van der Waals surface area contributed by atoms with Gasteiger partial charge in [-0.3, -0.25) is 14.5 Å². The molecule has 2 amide bonds. The van der Waals surface area contributed by atoms with E-state index in [4.69, 9.17) is 9.72 Å². The zero-order valence-corrected chi connectivity index (χ0v) is 19.4. The van der Waals surface area contributed by atoms with Crippen LogP contribution in [0.5, 0.6) is 0 Å². The van der Waals surface area contributed by atoms with E-state index in [1.165, 1.54) is 7.11 Å². The van der Waals surface area contributed by atoms with Crippen LogP contribution in [0.3, 0.4) is 0 Å². The standard InChI is InChI=1S/C25H31N5O3/c1-4-30-12-8-11-19(30)15-26-25(32)18-13-20(27-22(31)16-33-3)23-21(14-18)28-24(29(23)2)17-9-6-5-7-10-17/h5-7,9-10,13-14,19H,4,8,11-12,15-16H2,1-3H3,(H,26,32)(H,27,31)/t19-/m1/s1. The fraction of sp³-hybridized carbons (Fsp3) is 0.400. The topological polar surface area (TPSA) is 88.5 Å². The number of aryl methyl sites for hydroxylation is 1. The van der Waals surface area contributed by atoms with E-state index in [1.54, 1.807) is 12.1 Å². The summed E-state index contributed by atoms with van der Waals surface area (Å²) in [4.78, 5) is 32.6. The lowest BCUT2D eigenvalue weighted by Crippen LogP contribution is -2.40. The number of hydrogen-bond acceptors (Lipinski definition) is 5. The molecule has 0 aliphatic carbocycles. The summed E-state index contributed by atoms with van der Waals surface area (Å²) in [6, 6.07) is 13.7. The van der Waals surface area contributed by atoms with E-state index < -0.39 is 0 Å². The third kappa shape index (κ3) is 4.91. The normalized spacial score (nSPS) is 16.3. The minimum atomic E-state index is -0.289. The average Bonchev–Trinajstić information content (AvgIpc) is 3.42. The molecule has 0 unspecified atom stereocenters. The van der Waals surface area contributed by atoms with Gasteiger partial charge in [0.2, 0.25) is 5.91 Å². The maximum Gasteiger partial charge on any atom is 0.251 e. The van der Waals surface area contributed by atoms with Gasteiger partial charge in [-0.05, 0) is 38.1 Å². The van der Waals surface area contributed by atoms with Gasteiger partial charge in [0, 0.05) is 37.9 Å². The molecule has 1 aromatic heterocycles.